The third kappa shape index (κ3) is 4.91. The molecule has 1 N–H and O–H groups in total. The molecule has 35 heavy (non-hydrogen) atoms. The van der Waals surface area contributed by atoms with Crippen molar-refractivity contribution in [3.63, 3.8) is 0 Å². The van der Waals surface area contributed by atoms with E-state index in [-0.39, 0.29) is 17.7 Å². The van der Waals surface area contributed by atoms with E-state index in [1.165, 1.54) is 40.6 Å². The van der Waals surface area contributed by atoms with Crippen LogP contribution in [0.25, 0.3) is 5.69 Å². The second kappa shape index (κ2) is 10.3. The van der Waals surface area contributed by atoms with Crippen LogP contribution in [0, 0.1) is 0 Å². The highest BCUT2D eigenvalue weighted by Gasteiger charge is 2.36. The summed E-state index contributed by atoms with van der Waals surface area (Å²) in [4.78, 5) is 8.24. The second-order valence-electron chi connectivity index (χ2n) is 8.12. The number of rotatable bonds is 10. The van der Waals surface area contributed by atoms with E-state index in [0.717, 1.165) is 19.3 Å². The number of sulfonamides is 1. The van der Waals surface area contributed by atoms with Gasteiger partial charge in [0.15, 0.2) is 5.82 Å². The zero-order chi connectivity index (χ0) is 25.2. The van der Waals surface area contributed by atoms with Crippen LogP contribution in [0.4, 0.5) is 5.95 Å². The van der Waals surface area contributed by atoms with E-state index in [2.05, 4.69) is 24.9 Å². The number of hydrogen-bond acceptors (Lipinski definition) is 9. The Labute approximate surface area is 208 Å². The molecule has 2 heterocycles. The predicted octanol–water partition coefficient (Wildman–Crippen LogP) is 3.51. The van der Waals surface area contributed by atoms with Crippen LogP contribution < -0.4 is 14.2 Å². The normalized spacial score (nSPS) is 15.8. The summed E-state index contributed by atoms with van der Waals surface area (Å²) in [6.07, 6.45) is 4.75. The SMILES string of the molecule is COc1cccc(OC)c1-n1c(NS(=O)(=O)C(C)C(OC)c2ncc(Cl)cn2)nnc1C1CCC1. The van der Waals surface area contributed by atoms with Gasteiger partial charge in [-0.05, 0) is 31.9 Å². The van der Waals surface area contributed by atoms with Crippen LogP contribution in [0.15, 0.2) is 30.6 Å². The molecule has 1 aliphatic carbocycles. The molecule has 3 aromatic rings. The summed E-state index contributed by atoms with van der Waals surface area (Å²) in [5.41, 5.74) is 0.513. The molecule has 188 valence electrons. The molecule has 2 atom stereocenters. The Morgan fingerprint density at radius 3 is 2.23 bits per heavy atom. The third-order valence-electron chi connectivity index (χ3n) is 6.08. The fourth-order valence-electron chi connectivity index (χ4n) is 3.92. The van der Waals surface area contributed by atoms with Gasteiger partial charge >= 0.3 is 0 Å². The summed E-state index contributed by atoms with van der Waals surface area (Å²) in [5.74, 6) is 1.96. The largest absolute Gasteiger partial charge is 0.494 e. The van der Waals surface area contributed by atoms with Gasteiger partial charge in [0.2, 0.25) is 16.0 Å². The van der Waals surface area contributed by atoms with E-state index in [9.17, 15) is 8.42 Å². The number of ether oxygens (including phenoxy) is 3. The monoisotopic (exact) mass is 522 g/mol. The van der Waals surface area contributed by atoms with E-state index < -0.39 is 21.4 Å². The molecule has 0 aliphatic heterocycles. The maximum absolute atomic E-state index is 13.5. The number of benzene rings is 1. The fourth-order valence-corrected chi connectivity index (χ4v) is 5.15. The molecule has 4 rings (SSSR count). The molecule has 13 heteroatoms. The maximum Gasteiger partial charge on any atom is 0.243 e. The molecule has 1 fully saturated rings. The van der Waals surface area contributed by atoms with Gasteiger partial charge in [-0.2, -0.15) is 0 Å². The van der Waals surface area contributed by atoms with Crippen molar-refractivity contribution < 1.29 is 22.6 Å². The minimum absolute atomic E-state index is 0.0217. The van der Waals surface area contributed by atoms with Gasteiger partial charge in [-0.1, -0.05) is 24.1 Å². The zero-order valence-corrected chi connectivity index (χ0v) is 21.4. The lowest BCUT2D eigenvalue weighted by Gasteiger charge is -2.27. The van der Waals surface area contributed by atoms with Crippen LogP contribution in [-0.4, -0.2) is 59.7 Å². The number of halogens is 1. The first-order valence-corrected chi connectivity index (χ1v) is 12.9. The van der Waals surface area contributed by atoms with Crippen molar-refractivity contribution in [1.82, 2.24) is 24.7 Å². The van der Waals surface area contributed by atoms with Gasteiger partial charge in [-0.3, -0.25) is 9.29 Å². The highest BCUT2D eigenvalue weighted by Crippen LogP contribution is 2.42. The molecule has 1 saturated carbocycles. The van der Waals surface area contributed by atoms with Crippen LogP contribution >= 0.6 is 11.6 Å². The van der Waals surface area contributed by atoms with Gasteiger partial charge < -0.3 is 14.2 Å². The van der Waals surface area contributed by atoms with Gasteiger partial charge in [0.1, 0.15) is 34.4 Å². The molecule has 0 amide bonds. The molecule has 1 aliphatic rings. The van der Waals surface area contributed by atoms with Crippen molar-refractivity contribution in [2.45, 2.75) is 43.5 Å². The van der Waals surface area contributed by atoms with Crippen molar-refractivity contribution in [1.29, 1.82) is 0 Å². The smallest absolute Gasteiger partial charge is 0.243 e. The van der Waals surface area contributed by atoms with Gasteiger partial charge in [0.25, 0.3) is 0 Å². The number of para-hydroxylation sites is 1. The number of nitrogens with zero attached hydrogens (tertiary/aromatic N) is 5. The lowest BCUT2D eigenvalue weighted by Crippen LogP contribution is -2.33. The molecule has 1 aromatic carbocycles. The van der Waals surface area contributed by atoms with Crippen molar-refractivity contribution >= 4 is 27.6 Å². The van der Waals surface area contributed by atoms with E-state index in [1.807, 2.05) is 0 Å². The Kier molecular flexibility index (Phi) is 7.43. The highest BCUT2D eigenvalue weighted by molar-refractivity contribution is 7.93. The molecule has 2 aromatic heterocycles. The van der Waals surface area contributed by atoms with E-state index in [4.69, 9.17) is 25.8 Å². The van der Waals surface area contributed by atoms with E-state index in [1.54, 1.807) is 22.8 Å². The van der Waals surface area contributed by atoms with Crippen molar-refractivity contribution in [2.24, 2.45) is 0 Å². The van der Waals surface area contributed by atoms with Gasteiger partial charge in [-0.15, -0.1) is 10.2 Å². The average Bonchev–Trinajstić information content (AvgIpc) is 3.20. The summed E-state index contributed by atoms with van der Waals surface area (Å²) < 4.78 is 47.8. The second-order valence-corrected chi connectivity index (χ2v) is 10.6. The number of nitrogens with one attached hydrogen (secondary N) is 1. The lowest BCUT2D eigenvalue weighted by molar-refractivity contribution is 0.0950. The van der Waals surface area contributed by atoms with Gasteiger partial charge in [0.05, 0.1) is 19.2 Å². The summed E-state index contributed by atoms with van der Waals surface area (Å²) in [5, 5.41) is 7.81. The van der Waals surface area contributed by atoms with Crippen LogP contribution in [0.5, 0.6) is 11.5 Å². The summed E-state index contributed by atoms with van der Waals surface area (Å²) in [7, 11) is 0.417. The first-order chi connectivity index (χ1) is 16.8. The Bertz CT molecular complexity index is 1260. The molecule has 11 nitrogen and oxygen atoms in total. The van der Waals surface area contributed by atoms with E-state index in [0.29, 0.717) is 28.0 Å². The zero-order valence-electron chi connectivity index (χ0n) is 19.8. The Morgan fingerprint density at radius 1 is 1.09 bits per heavy atom. The number of hydrogen-bond donors (Lipinski definition) is 1. The minimum Gasteiger partial charge on any atom is -0.494 e. The quantitative estimate of drug-likeness (QED) is 0.425. The van der Waals surface area contributed by atoms with Crippen molar-refractivity contribution in [3.05, 3.63) is 47.3 Å². The van der Waals surface area contributed by atoms with Crippen LogP contribution in [0.1, 0.15) is 49.9 Å². The Hall–Kier alpha value is -2.96. The summed E-state index contributed by atoms with van der Waals surface area (Å²) in [6, 6.07) is 5.32. The number of methoxy groups -OCH3 is 3. The molecule has 0 saturated heterocycles. The summed E-state index contributed by atoms with van der Waals surface area (Å²) in [6.45, 7) is 1.51. The molecule has 2 unspecified atom stereocenters. The van der Waals surface area contributed by atoms with Gasteiger partial charge in [0, 0.05) is 25.4 Å². The molecule has 0 spiro atoms. The average molecular weight is 523 g/mol. The summed E-state index contributed by atoms with van der Waals surface area (Å²) >= 11 is 5.87. The van der Waals surface area contributed by atoms with Crippen molar-refractivity contribution in [3.8, 4) is 17.2 Å². The Morgan fingerprint density at radius 2 is 1.71 bits per heavy atom. The predicted molar refractivity (Wildman–Crippen MR) is 130 cm³/mol. The Balaban J connectivity index is 1.76. The van der Waals surface area contributed by atoms with Gasteiger partial charge in [-0.25, -0.2) is 18.4 Å². The third-order valence-corrected chi connectivity index (χ3v) is 7.97. The highest BCUT2D eigenvalue weighted by atomic mass is 35.5. The molecular formula is C22H27ClN6O5S. The van der Waals surface area contributed by atoms with E-state index >= 15 is 0 Å². The van der Waals surface area contributed by atoms with Crippen LogP contribution in [0.3, 0.4) is 0 Å². The standard InChI is InChI=1S/C22H27ClN6O5S/c1-13(19(34-4)20-24-11-15(23)12-25-20)35(30,31)28-22-27-26-21(14-7-5-8-14)29(22)18-16(32-2)9-6-10-17(18)33-3/h6,9-14,19H,5,7-8H2,1-4H3,(H,27,28). The maximum atomic E-state index is 13.5. The molecule has 0 radical (unpaired) electrons. The molecule has 0 bridgehead atoms. The fraction of sp³-hybridized carbons (Fsp3) is 0.455. The first-order valence-electron chi connectivity index (χ1n) is 11.0. The number of aromatic nitrogens is 5. The van der Waals surface area contributed by atoms with Crippen molar-refractivity contribution in [2.75, 3.05) is 26.1 Å². The topological polar surface area (TPSA) is 130 Å². The lowest BCUT2D eigenvalue weighted by atomic mass is 9.85. The minimum atomic E-state index is -4.05. The first kappa shape index (κ1) is 25.1. The van der Waals surface area contributed by atoms with Crippen LogP contribution in [-0.2, 0) is 14.8 Å². The van der Waals surface area contributed by atoms with Crippen LogP contribution in [0.2, 0.25) is 5.02 Å². The molecular weight excluding hydrogens is 496 g/mol. The number of anilines is 1.